The molecule has 0 spiro atoms. The number of rotatable bonds is 10. The average molecular weight is 775 g/mol. The summed E-state index contributed by atoms with van der Waals surface area (Å²) in [6.07, 6.45) is 10.7. The van der Waals surface area contributed by atoms with Gasteiger partial charge in [-0.3, -0.25) is 0 Å². The van der Waals surface area contributed by atoms with E-state index in [1.165, 1.54) is 60.4 Å². The number of aromatic nitrogens is 2. The Morgan fingerprint density at radius 3 is 2.00 bits per heavy atom. The molecule has 0 fully saturated rings. The SMILES string of the molecule is C=C(/N=C(\N=C(/CCCC)c1ccccc1)C1=CCC(n2c3ccccc3c3c(-c4ccc5c(c4)c4ccccc4n5-c4ccccc4)cccc32)C=C1)c1ccccc1. The van der Waals surface area contributed by atoms with Gasteiger partial charge in [0.05, 0.1) is 34.0 Å². The molecule has 2 heterocycles. The number of nitrogens with zero attached hydrogens (tertiary/aromatic N) is 4. The summed E-state index contributed by atoms with van der Waals surface area (Å²) in [7, 11) is 0. The van der Waals surface area contributed by atoms with Crippen LogP contribution < -0.4 is 0 Å². The van der Waals surface area contributed by atoms with Crippen molar-refractivity contribution < 1.29 is 0 Å². The van der Waals surface area contributed by atoms with Crippen LogP contribution in [-0.4, -0.2) is 20.7 Å². The van der Waals surface area contributed by atoms with Crippen molar-refractivity contribution in [2.24, 2.45) is 9.98 Å². The third kappa shape index (κ3) is 6.80. The summed E-state index contributed by atoms with van der Waals surface area (Å²) in [6.45, 7) is 6.62. The molecular formula is C56H46N4. The Hall–Kier alpha value is -7.30. The molecule has 1 aliphatic carbocycles. The Morgan fingerprint density at radius 2 is 1.27 bits per heavy atom. The second-order valence-corrected chi connectivity index (χ2v) is 15.6. The van der Waals surface area contributed by atoms with Crippen molar-refractivity contribution >= 4 is 60.9 Å². The van der Waals surface area contributed by atoms with Gasteiger partial charge in [-0.1, -0.05) is 172 Å². The lowest BCUT2D eigenvalue weighted by atomic mass is 9.97. The molecule has 4 heteroatoms. The number of unbranched alkanes of at least 4 members (excludes halogenated alkanes) is 1. The normalized spacial score (nSPS) is 14.7. The third-order valence-corrected chi connectivity index (χ3v) is 11.9. The Kier molecular flexibility index (Phi) is 9.96. The molecule has 7 aromatic carbocycles. The molecule has 4 nitrogen and oxygen atoms in total. The third-order valence-electron chi connectivity index (χ3n) is 11.9. The summed E-state index contributed by atoms with van der Waals surface area (Å²) in [5, 5.41) is 5.04. The lowest BCUT2D eigenvalue weighted by molar-refractivity contribution is 0.646. The summed E-state index contributed by atoms with van der Waals surface area (Å²) in [5.41, 5.74) is 13.4. The average Bonchev–Trinajstić information content (AvgIpc) is 3.83. The topological polar surface area (TPSA) is 34.6 Å². The second kappa shape index (κ2) is 16.2. The van der Waals surface area contributed by atoms with E-state index in [0.717, 1.165) is 48.1 Å². The summed E-state index contributed by atoms with van der Waals surface area (Å²) in [5.74, 6) is 0.696. The van der Waals surface area contributed by atoms with E-state index in [2.05, 4.69) is 199 Å². The van der Waals surface area contributed by atoms with Crippen LogP contribution >= 0.6 is 0 Å². The lowest BCUT2D eigenvalue weighted by Crippen LogP contribution is -2.12. The molecule has 9 aromatic rings. The Labute approximate surface area is 351 Å². The molecule has 1 aliphatic rings. The number of aliphatic imine (C=N–C) groups is 2. The maximum Gasteiger partial charge on any atom is 0.159 e. The van der Waals surface area contributed by atoms with E-state index < -0.39 is 0 Å². The van der Waals surface area contributed by atoms with Gasteiger partial charge in [-0.2, -0.15) is 0 Å². The van der Waals surface area contributed by atoms with Gasteiger partial charge >= 0.3 is 0 Å². The molecule has 0 radical (unpaired) electrons. The van der Waals surface area contributed by atoms with E-state index in [1.807, 2.05) is 18.2 Å². The van der Waals surface area contributed by atoms with Gasteiger partial charge in [0.25, 0.3) is 0 Å². The minimum Gasteiger partial charge on any atom is -0.333 e. The first-order chi connectivity index (χ1) is 29.7. The zero-order chi connectivity index (χ0) is 40.4. The van der Waals surface area contributed by atoms with E-state index in [4.69, 9.17) is 9.98 Å². The van der Waals surface area contributed by atoms with Crippen LogP contribution in [-0.2, 0) is 0 Å². The van der Waals surface area contributed by atoms with Gasteiger partial charge in [0, 0.05) is 38.3 Å². The Bertz CT molecular complexity index is 3160. The van der Waals surface area contributed by atoms with Crippen LogP contribution in [0.4, 0.5) is 0 Å². The molecule has 60 heavy (non-hydrogen) atoms. The van der Waals surface area contributed by atoms with Crippen molar-refractivity contribution in [1.29, 1.82) is 0 Å². The van der Waals surface area contributed by atoms with E-state index in [9.17, 15) is 0 Å². The predicted octanol–water partition coefficient (Wildman–Crippen LogP) is 14.7. The summed E-state index contributed by atoms with van der Waals surface area (Å²) in [4.78, 5) is 10.5. The molecule has 2 aromatic heterocycles. The van der Waals surface area contributed by atoms with E-state index in [1.54, 1.807) is 0 Å². The number of benzene rings is 7. The molecule has 0 saturated heterocycles. The number of amidine groups is 1. The van der Waals surface area contributed by atoms with Gasteiger partial charge in [0.1, 0.15) is 0 Å². The predicted molar refractivity (Wildman–Crippen MR) is 256 cm³/mol. The zero-order valence-corrected chi connectivity index (χ0v) is 33.9. The van der Waals surface area contributed by atoms with Crippen molar-refractivity contribution in [1.82, 2.24) is 9.13 Å². The fraction of sp³-hybridized carbons (Fsp3) is 0.107. The van der Waals surface area contributed by atoms with E-state index in [0.29, 0.717) is 11.5 Å². The van der Waals surface area contributed by atoms with Crippen molar-refractivity contribution in [3.8, 4) is 16.8 Å². The molecule has 0 bridgehead atoms. The summed E-state index contributed by atoms with van der Waals surface area (Å²) in [6, 6.07) is 62.9. The first-order valence-electron chi connectivity index (χ1n) is 21.1. The standard InChI is InChI=1S/C56H46N4/c1-3-4-28-50(41-21-10-6-11-22-41)58-56(57-39(2)40-19-8-5-9-20-40)42-32-35-45(36-33-42)60-52-30-17-15-26-48(52)55-46(27-18-31-54(55)60)43-34-37-53-49(38-43)47-25-14-16-29-51(47)59(53)44-23-12-7-13-24-44/h5-27,29-35,37-38,45H,2-4,28,36H2,1H3/b57-56-,58-50+. The second-order valence-electron chi connectivity index (χ2n) is 15.6. The van der Waals surface area contributed by atoms with Crippen LogP contribution in [0.5, 0.6) is 0 Å². The van der Waals surface area contributed by atoms with Crippen LogP contribution in [0, 0.1) is 0 Å². The smallest absolute Gasteiger partial charge is 0.159 e. The van der Waals surface area contributed by atoms with Gasteiger partial charge in [-0.25, -0.2) is 9.98 Å². The van der Waals surface area contributed by atoms with Crippen LogP contribution in [0.3, 0.4) is 0 Å². The van der Waals surface area contributed by atoms with Crippen LogP contribution in [0.1, 0.15) is 49.8 Å². The van der Waals surface area contributed by atoms with Gasteiger partial charge < -0.3 is 9.13 Å². The Balaban J connectivity index is 1.06. The van der Waals surface area contributed by atoms with Crippen molar-refractivity contribution in [3.63, 3.8) is 0 Å². The van der Waals surface area contributed by atoms with E-state index >= 15 is 0 Å². The first kappa shape index (κ1) is 37.0. The van der Waals surface area contributed by atoms with E-state index in [-0.39, 0.29) is 6.04 Å². The molecule has 0 saturated carbocycles. The molecular weight excluding hydrogens is 729 g/mol. The highest BCUT2D eigenvalue weighted by Gasteiger charge is 2.22. The van der Waals surface area contributed by atoms with Crippen molar-refractivity contribution in [2.45, 2.75) is 38.6 Å². The fourth-order valence-electron chi connectivity index (χ4n) is 8.95. The van der Waals surface area contributed by atoms with Crippen LogP contribution in [0.15, 0.2) is 216 Å². The maximum absolute atomic E-state index is 5.34. The van der Waals surface area contributed by atoms with Crippen LogP contribution in [0.2, 0.25) is 0 Å². The molecule has 0 amide bonds. The monoisotopic (exact) mass is 774 g/mol. The minimum atomic E-state index is 0.106. The van der Waals surface area contributed by atoms with Crippen molar-refractivity contribution in [3.05, 3.63) is 217 Å². The highest BCUT2D eigenvalue weighted by Crippen LogP contribution is 2.42. The highest BCUT2D eigenvalue weighted by atomic mass is 15.0. The minimum absolute atomic E-state index is 0.106. The number of allylic oxidation sites excluding steroid dienone is 2. The molecule has 1 atom stereocenters. The van der Waals surface area contributed by atoms with Crippen LogP contribution in [0.25, 0.3) is 66.1 Å². The number of hydrogen-bond acceptors (Lipinski definition) is 1. The fourth-order valence-corrected chi connectivity index (χ4v) is 8.95. The van der Waals surface area contributed by atoms with Gasteiger partial charge in [-0.05, 0) is 84.0 Å². The molecule has 0 aliphatic heterocycles. The van der Waals surface area contributed by atoms with Gasteiger partial charge in [-0.15, -0.1) is 0 Å². The number of hydrogen-bond donors (Lipinski definition) is 0. The molecule has 1 unspecified atom stereocenters. The quantitative estimate of drug-likeness (QED) is 0.0980. The Morgan fingerprint density at radius 1 is 0.617 bits per heavy atom. The summed E-state index contributed by atoms with van der Waals surface area (Å²) >= 11 is 0. The first-order valence-corrected chi connectivity index (χ1v) is 21.1. The largest absolute Gasteiger partial charge is 0.333 e. The number of para-hydroxylation sites is 3. The number of fused-ring (bicyclic) bond motifs is 6. The molecule has 290 valence electrons. The summed E-state index contributed by atoms with van der Waals surface area (Å²) < 4.78 is 4.90. The zero-order valence-electron chi connectivity index (χ0n) is 33.9. The maximum atomic E-state index is 5.34. The highest BCUT2D eigenvalue weighted by molar-refractivity contribution is 6.17. The van der Waals surface area contributed by atoms with Crippen molar-refractivity contribution in [2.75, 3.05) is 0 Å². The molecule has 0 N–H and O–H groups in total. The lowest BCUT2D eigenvalue weighted by Gasteiger charge is -2.21. The van der Waals surface area contributed by atoms with Gasteiger partial charge in [0.15, 0.2) is 5.84 Å². The molecule has 10 rings (SSSR count). The van der Waals surface area contributed by atoms with Gasteiger partial charge in [0.2, 0.25) is 0 Å².